The third-order valence-corrected chi connectivity index (χ3v) is 4.42. The van der Waals surface area contributed by atoms with E-state index >= 15 is 0 Å². The molecule has 0 aromatic heterocycles. The van der Waals surface area contributed by atoms with Crippen molar-refractivity contribution >= 4 is 17.9 Å². The van der Waals surface area contributed by atoms with Crippen molar-refractivity contribution < 1.29 is 19.5 Å². The normalized spacial score (nSPS) is 17.1. The lowest BCUT2D eigenvalue weighted by Gasteiger charge is -2.26. The van der Waals surface area contributed by atoms with Gasteiger partial charge in [0.2, 0.25) is 5.91 Å². The summed E-state index contributed by atoms with van der Waals surface area (Å²) in [6, 6.07) is 6.36. The van der Waals surface area contributed by atoms with Crippen molar-refractivity contribution in [2.75, 3.05) is 6.54 Å². The minimum Gasteiger partial charge on any atom is -0.480 e. The second-order valence-corrected chi connectivity index (χ2v) is 7.06. The van der Waals surface area contributed by atoms with Crippen molar-refractivity contribution in [3.63, 3.8) is 0 Å². The summed E-state index contributed by atoms with van der Waals surface area (Å²) in [4.78, 5) is 35.2. The molecule has 2 unspecified atom stereocenters. The number of carbonyl (C=O) groups excluding carboxylic acids is 2. The van der Waals surface area contributed by atoms with E-state index in [-0.39, 0.29) is 24.4 Å². The third kappa shape index (κ3) is 5.75. The van der Waals surface area contributed by atoms with Crippen LogP contribution >= 0.6 is 0 Å². The van der Waals surface area contributed by atoms with Crippen LogP contribution in [0, 0.1) is 5.92 Å². The molecule has 1 aromatic rings. The molecule has 0 fully saturated rings. The molecule has 4 N–H and O–H groups in total. The summed E-state index contributed by atoms with van der Waals surface area (Å²) in [7, 11) is 0. The average molecular weight is 361 g/mol. The van der Waals surface area contributed by atoms with Gasteiger partial charge in [0.15, 0.2) is 0 Å². The van der Waals surface area contributed by atoms with Crippen molar-refractivity contribution in [2.24, 2.45) is 5.92 Å². The largest absolute Gasteiger partial charge is 0.480 e. The zero-order valence-electron chi connectivity index (χ0n) is 15.2. The quantitative estimate of drug-likeness (QED) is 0.595. The van der Waals surface area contributed by atoms with Crippen LogP contribution in [0.4, 0.5) is 4.79 Å². The zero-order chi connectivity index (χ0) is 19.1. The fraction of sp³-hybridized carbons (Fsp3) is 0.526. The molecule has 0 saturated heterocycles. The molecule has 1 aliphatic rings. The second-order valence-electron chi connectivity index (χ2n) is 7.06. The molecule has 0 heterocycles. The number of nitrogens with one attached hydrogen (secondary N) is 3. The van der Waals surface area contributed by atoms with Gasteiger partial charge in [0.05, 0.1) is 12.6 Å². The van der Waals surface area contributed by atoms with Gasteiger partial charge in [-0.3, -0.25) is 4.79 Å². The first-order valence-corrected chi connectivity index (χ1v) is 9.01. The van der Waals surface area contributed by atoms with E-state index in [1.807, 2.05) is 32.0 Å². The fourth-order valence-electron chi connectivity index (χ4n) is 3.21. The van der Waals surface area contributed by atoms with Crippen molar-refractivity contribution in [1.29, 1.82) is 0 Å². The smallest absolute Gasteiger partial charge is 0.326 e. The van der Waals surface area contributed by atoms with Crippen LogP contribution in [0.1, 0.15) is 50.3 Å². The van der Waals surface area contributed by atoms with Crippen molar-refractivity contribution in [1.82, 2.24) is 16.0 Å². The first-order valence-electron chi connectivity index (χ1n) is 9.01. The number of carboxylic acids is 1. The third-order valence-electron chi connectivity index (χ3n) is 4.42. The van der Waals surface area contributed by atoms with Crippen LogP contribution in [0.2, 0.25) is 0 Å². The molecular weight excluding hydrogens is 334 g/mol. The van der Waals surface area contributed by atoms with Crippen LogP contribution < -0.4 is 16.0 Å². The molecule has 142 valence electrons. The highest BCUT2D eigenvalue weighted by Crippen LogP contribution is 2.29. The van der Waals surface area contributed by atoms with Gasteiger partial charge in [0, 0.05) is 0 Å². The van der Waals surface area contributed by atoms with Gasteiger partial charge in [-0.1, -0.05) is 38.1 Å². The molecule has 2 rings (SSSR count). The Morgan fingerprint density at radius 2 is 1.96 bits per heavy atom. The number of carbonyl (C=O) groups is 3. The maximum Gasteiger partial charge on any atom is 0.326 e. The topological polar surface area (TPSA) is 108 Å². The molecule has 7 nitrogen and oxygen atoms in total. The summed E-state index contributed by atoms with van der Waals surface area (Å²) >= 11 is 0. The molecule has 0 radical (unpaired) electrons. The number of amides is 3. The SMILES string of the molecule is CC(C)CC(NC(=O)NCC(=O)NC1CCCc2ccccc21)C(=O)O. The van der Waals surface area contributed by atoms with Crippen LogP contribution in [0.3, 0.4) is 0 Å². The lowest BCUT2D eigenvalue weighted by Crippen LogP contribution is -2.49. The summed E-state index contributed by atoms with van der Waals surface area (Å²) < 4.78 is 0. The Kier molecular flexibility index (Phi) is 7.00. The molecule has 1 aliphatic carbocycles. The first-order chi connectivity index (χ1) is 12.4. The summed E-state index contributed by atoms with van der Waals surface area (Å²) in [6.45, 7) is 3.56. The predicted octanol–water partition coefficient (Wildman–Crippen LogP) is 1.98. The van der Waals surface area contributed by atoms with E-state index in [1.54, 1.807) is 0 Å². The molecule has 26 heavy (non-hydrogen) atoms. The van der Waals surface area contributed by atoms with Crippen LogP contribution in [0.15, 0.2) is 24.3 Å². The molecule has 7 heteroatoms. The Morgan fingerprint density at radius 1 is 1.23 bits per heavy atom. The van der Waals surface area contributed by atoms with Crippen LogP contribution in [0.25, 0.3) is 0 Å². The highest BCUT2D eigenvalue weighted by molar-refractivity contribution is 5.86. The molecule has 0 aliphatic heterocycles. The van der Waals surface area contributed by atoms with E-state index in [0.717, 1.165) is 24.8 Å². The van der Waals surface area contributed by atoms with Gasteiger partial charge >= 0.3 is 12.0 Å². The summed E-state index contributed by atoms with van der Waals surface area (Å²) in [5.41, 5.74) is 2.37. The number of hydrogen-bond donors (Lipinski definition) is 4. The van der Waals surface area contributed by atoms with Gasteiger partial charge in [0.1, 0.15) is 6.04 Å². The molecule has 0 spiro atoms. The van der Waals surface area contributed by atoms with E-state index in [1.165, 1.54) is 5.56 Å². The standard InChI is InChI=1S/C19H27N3O4/c1-12(2)10-16(18(24)25)22-19(26)20-11-17(23)21-15-9-5-7-13-6-3-4-8-14(13)15/h3-4,6,8,12,15-16H,5,7,9-11H2,1-2H3,(H,21,23)(H,24,25)(H2,20,22,26). The number of rotatable bonds is 7. The van der Waals surface area contributed by atoms with Gasteiger partial charge in [-0.25, -0.2) is 9.59 Å². The van der Waals surface area contributed by atoms with Gasteiger partial charge < -0.3 is 21.1 Å². The fourth-order valence-corrected chi connectivity index (χ4v) is 3.21. The van der Waals surface area contributed by atoms with E-state index in [0.29, 0.717) is 6.42 Å². The van der Waals surface area contributed by atoms with E-state index < -0.39 is 18.0 Å². The Bertz CT molecular complexity index is 660. The van der Waals surface area contributed by atoms with Gasteiger partial charge in [-0.05, 0) is 42.7 Å². The number of fused-ring (bicyclic) bond motifs is 1. The monoisotopic (exact) mass is 361 g/mol. The number of benzene rings is 1. The van der Waals surface area contributed by atoms with Crippen molar-refractivity contribution in [3.8, 4) is 0 Å². The average Bonchev–Trinajstić information content (AvgIpc) is 2.59. The Morgan fingerprint density at radius 3 is 2.65 bits per heavy atom. The van der Waals surface area contributed by atoms with Gasteiger partial charge in [-0.2, -0.15) is 0 Å². The van der Waals surface area contributed by atoms with Crippen molar-refractivity contribution in [2.45, 2.75) is 51.6 Å². The maximum absolute atomic E-state index is 12.2. The molecule has 2 atom stereocenters. The van der Waals surface area contributed by atoms with E-state index in [2.05, 4.69) is 22.0 Å². The number of urea groups is 1. The molecule has 3 amide bonds. The maximum atomic E-state index is 12.2. The Labute approximate surface area is 153 Å². The molecular formula is C19H27N3O4. The van der Waals surface area contributed by atoms with E-state index in [4.69, 9.17) is 5.11 Å². The van der Waals surface area contributed by atoms with Crippen LogP contribution in [-0.2, 0) is 16.0 Å². The minimum atomic E-state index is -1.09. The highest BCUT2D eigenvalue weighted by atomic mass is 16.4. The zero-order valence-corrected chi connectivity index (χ0v) is 15.2. The molecule has 0 bridgehead atoms. The highest BCUT2D eigenvalue weighted by Gasteiger charge is 2.23. The number of aliphatic carboxylic acids is 1. The minimum absolute atomic E-state index is 0.0509. The summed E-state index contributed by atoms with van der Waals surface area (Å²) in [5, 5.41) is 16.9. The van der Waals surface area contributed by atoms with Crippen molar-refractivity contribution in [3.05, 3.63) is 35.4 Å². The lowest BCUT2D eigenvalue weighted by atomic mass is 9.88. The first kappa shape index (κ1) is 19.8. The van der Waals surface area contributed by atoms with Crippen LogP contribution in [-0.4, -0.2) is 35.6 Å². The number of aryl methyl sites for hydroxylation is 1. The van der Waals surface area contributed by atoms with E-state index in [9.17, 15) is 14.4 Å². The molecule has 1 aromatic carbocycles. The summed E-state index contributed by atoms with van der Waals surface area (Å²) in [5.74, 6) is -1.25. The van der Waals surface area contributed by atoms with Gasteiger partial charge in [-0.15, -0.1) is 0 Å². The second kappa shape index (κ2) is 9.22. The Hall–Kier alpha value is -2.57. The number of carboxylic acid groups (broad SMARTS) is 1. The summed E-state index contributed by atoms with van der Waals surface area (Å²) in [6.07, 6.45) is 3.21. The Balaban J connectivity index is 1.82. The molecule has 0 saturated carbocycles. The predicted molar refractivity (Wildman–Crippen MR) is 97.7 cm³/mol. The number of hydrogen-bond acceptors (Lipinski definition) is 3. The van der Waals surface area contributed by atoms with Gasteiger partial charge in [0.25, 0.3) is 0 Å². The van der Waals surface area contributed by atoms with Crippen LogP contribution in [0.5, 0.6) is 0 Å². The lowest BCUT2D eigenvalue weighted by molar-refractivity contribution is -0.139.